The van der Waals surface area contributed by atoms with Crippen LogP contribution in [0.2, 0.25) is 0 Å². The first kappa shape index (κ1) is 37.3. The van der Waals surface area contributed by atoms with Crippen LogP contribution in [0.5, 0.6) is 5.75 Å². The Balaban J connectivity index is 1.56. The zero-order chi connectivity index (χ0) is 35.0. The summed E-state index contributed by atoms with van der Waals surface area (Å²) in [5.74, 6) is -0.111. The van der Waals surface area contributed by atoms with Gasteiger partial charge in [0.15, 0.2) is 0 Å². The normalized spacial score (nSPS) is 15.8. The number of nitrogens with one attached hydrogen (secondary N) is 1. The third-order valence-corrected chi connectivity index (χ3v) is 11.3. The fourth-order valence-electron chi connectivity index (χ4n) is 5.92. The van der Waals surface area contributed by atoms with Crippen LogP contribution in [-0.2, 0) is 34.2 Å². The van der Waals surface area contributed by atoms with E-state index in [0.717, 1.165) is 22.7 Å². The van der Waals surface area contributed by atoms with Crippen molar-refractivity contribution in [3.8, 4) is 5.75 Å². The van der Waals surface area contributed by atoms with E-state index in [1.54, 1.807) is 33.3 Å². The number of aliphatic hydroxyl groups excluding tert-OH is 1. The highest BCUT2D eigenvalue weighted by Gasteiger charge is 2.40. The maximum Gasteiger partial charge on any atom is 0.321 e. The van der Waals surface area contributed by atoms with Crippen molar-refractivity contribution in [1.29, 1.82) is 0 Å². The number of amides is 3. The molecule has 2 aromatic carbocycles. The highest BCUT2D eigenvalue weighted by molar-refractivity contribution is 7.89. The van der Waals surface area contributed by atoms with Crippen LogP contribution in [0.1, 0.15) is 50.9 Å². The fourth-order valence-corrected chi connectivity index (χ4v) is 8.28. The number of sulfonamides is 1. The molecule has 0 radical (unpaired) electrons. The number of nitrogens with zero attached hydrogens (tertiary/aromatic N) is 4. The lowest BCUT2D eigenvalue weighted by Gasteiger charge is -2.34. The van der Waals surface area contributed by atoms with E-state index >= 15 is 0 Å². The van der Waals surface area contributed by atoms with Gasteiger partial charge in [0.2, 0.25) is 15.9 Å². The Hall–Kier alpha value is -3.52. The van der Waals surface area contributed by atoms with Crippen LogP contribution >= 0.6 is 11.3 Å². The van der Waals surface area contributed by atoms with Crippen molar-refractivity contribution in [2.75, 3.05) is 33.3 Å². The first-order chi connectivity index (χ1) is 22.8. The molecular formula is C35H49N5O6S2. The topological polar surface area (TPSA) is 132 Å². The predicted molar refractivity (Wildman–Crippen MR) is 187 cm³/mol. The highest BCUT2D eigenvalue weighted by atomic mass is 32.2. The molecule has 1 aliphatic heterocycles. The standard InChI is InChI=1S/C35H49N5O6S2/c1-7-32-36-27(23-47-32)21-38-17-18-40(35(38)43)33(25(4)5)34(42)37-30(19-26-11-9-8-10-12-26)31(41)22-39(20-24(2)3)48(44,45)29-15-13-28(46-6)14-16-29/h8-16,23-25,30-31,33,41H,7,17-22H2,1-6H3,(H,37,42)/t30-,31+,33?/m0/s1. The van der Waals surface area contributed by atoms with Gasteiger partial charge in [-0.2, -0.15) is 4.31 Å². The molecule has 1 unspecified atom stereocenters. The number of carbonyl (C=O) groups excluding carboxylic acids is 2. The Kier molecular flexibility index (Phi) is 13.0. The van der Waals surface area contributed by atoms with Crippen molar-refractivity contribution in [3.05, 3.63) is 76.2 Å². The van der Waals surface area contributed by atoms with E-state index in [1.165, 1.54) is 23.5 Å². The third kappa shape index (κ3) is 9.34. The maximum absolute atomic E-state index is 14.1. The number of methoxy groups -OCH3 is 1. The average molecular weight is 700 g/mol. The molecule has 3 amide bonds. The van der Waals surface area contributed by atoms with E-state index in [4.69, 9.17) is 4.74 Å². The molecule has 0 aliphatic carbocycles. The van der Waals surface area contributed by atoms with Crippen LogP contribution in [0, 0.1) is 11.8 Å². The third-order valence-electron chi connectivity index (χ3n) is 8.36. The number of thiazole rings is 1. The molecule has 2 N–H and O–H groups in total. The lowest BCUT2D eigenvalue weighted by molar-refractivity contribution is -0.128. The summed E-state index contributed by atoms with van der Waals surface area (Å²) in [5, 5.41) is 17.7. The van der Waals surface area contributed by atoms with Gasteiger partial charge in [-0.15, -0.1) is 11.3 Å². The van der Waals surface area contributed by atoms with Gasteiger partial charge in [-0.3, -0.25) is 4.79 Å². The lowest BCUT2D eigenvalue weighted by atomic mass is 9.97. The van der Waals surface area contributed by atoms with Gasteiger partial charge >= 0.3 is 6.03 Å². The number of carbonyl (C=O) groups is 2. The van der Waals surface area contributed by atoms with Crippen LogP contribution in [0.15, 0.2) is 64.9 Å². The van der Waals surface area contributed by atoms with Crippen LogP contribution in [-0.4, -0.2) is 96.0 Å². The number of urea groups is 1. The van der Waals surface area contributed by atoms with Crippen molar-refractivity contribution in [2.45, 2.75) is 77.1 Å². The van der Waals surface area contributed by atoms with Gasteiger partial charge in [0.1, 0.15) is 11.8 Å². The molecule has 262 valence electrons. The summed E-state index contributed by atoms with van der Waals surface area (Å²) in [6, 6.07) is 13.7. The van der Waals surface area contributed by atoms with Gasteiger partial charge in [0.25, 0.3) is 0 Å². The van der Waals surface area contributed by atoms with Gasteiger partial charge in [-0.25, -0.2) is 18.2 Å². The Morgan fingerprint density at radius 2 is 1.75 bits per heavy atom. The Morgan fingerprint density at radius 1 is 1.06 bits per heavy atom. The van der Waals surface area contributed by atoms with E-state index < -0.39 is 34.1 Å². The SMILES string of the molecule is CCc1nc(CN2CCN(C(C(=O)N[C@@H](Cc3ccccc3)[C@H](O)CN(CC(C)C)S(=O)(=O)c3ccc(OC)cc3)C(C)C)C2=O)cs1. The molecule has 48 heavy (non-hydrogen) atoms. The molecule has 1 aliphatic rings. The molecule has 1 fully saturated rings. The van der Waals surface area contributed by atoms with Gasteiger partial charge in [-0.1, -0.05) is 65.0 Å². The Morgan fingerprint density at radius 3 is 2.33 bits per heavy atom. The van der Waals surface area contributed by atoms with E-state index in [1.807, 2.05) is 70.3 Å². The Labute approximate surface area is 289 Å². The molecule has 2 heterocycles. The minimum Gasteiger partial charge on any atom is -0.497 e. The molecule has 3 atom stereocenters. The number of aryl methyl sites for hydroxylation is 1. The number of aliphatic hydroxyl groups is 1. The van der Waals surface area contributed by atoms with Crippen molar-refractivity contribution in [1.82, 2.24) is 24.4 Å². The molecule has 3 aromatic rings. The molecular weight excluding hydrogens is 651 g/mol. The average Bonchev–Trinajstić information content (AvgIpc) is 3.66. The smallest absolute Gasteiger partial charge is 0.321 e. The van der Waals surface area contributed by atoms with Gasteiger partial charge in [0.05, 0.1) is 41.4 Å². The van der Waals surface area contributed by atoms with E-state index in [9.17, 15) is 23.1 Å². The van der Waals surface area contributed by atoms with Crippen molar-refractivity contribution in [3.63, 3.8) is 0 Å². The number of hydrogen-bond donors (Lipinski definition) is 2. The zero-order valence-electron chi connectivity index (χ0n) is 28.7. The first-order valence-corrected chi connectivity index (χ1v) is 18.8. The van der Waals surface area contributed by atoms with Crippen LogP contribution in [0.3, 0.4) is 0 Å². The van der Waals surface area contributed by atoms with E-state index in [2.05, 4.69) is 10.3 Å². The zero-order valence-corrected chi connectivity index (χ0v) is 30.3. The molecule has 4 rings (SSSR count). The molecule has 13 heteroatoms. The van der Waals surface area contributed by atoms with Crippen LogP contribution < -0.4 is 10.1 Å². The second-order valence-corrected chi connectivity index (χ2v) is 15.8. The van der Waals surface area contributed by atoms with Crippen molar-refractivity contribution < 1.29 is 27.9 Å². The van der Waals surface area contributed by atoms with Gasteiger partial charge in [0, 0.05) is 31.6 Å². The molecule has 1 aromatic heterocycles. The number of ether oxygens (including phenoxy) is 1. The Bertz CT molecular complexity index is 1600. The van der Waals surface area contributed by atoms with Crippen LogP contribution in [0.25, 0.3) is 0 Å². The van der Waals surface area contributed by atoms with Gasteiger partial charge in [-0.05, 0) is 54.5 Å². The summed E-state index contributed by atoms with van der Waals surface area (Å²) >= 11 is 1.57. The van der Waals surface area contributed by atoms with Gasteiger partial charge < -0.3 is 25.0 Å². The number of hydrogen-bond acceptors (Lipinski definition) is 8. The second kappa shape index (κ2) is 16.7. The summed E-state index contributed by atoms with van der Waals surface area (Å²) < 4.78 is 34.1. The van der Waals surface area contributed by atoms with Crippen molar-refractivity contribution >= 4 is 33.3 Å². The summed E-state index contributed by atoms with van der Waals surface area (Å²) in [4.78, 5) is 35.7. The molecule has 0 spiro atoms. The van der Waals surface area contributed by atoms with E-state index in [-0.39, 0.29) is 42.3 Å². The van der Waals surface area contributed by atoms with Crippen LogP contribution in [0.4, 0.5) is 4.79 Å². The molecule has 0 bridgehead atoms. The van der Waals surface area contributed by atoms with Crippen molar-refractivity contribution in [2.24, 2.45) is 11.8 Å². The fraction of sp³-hybridized carbons (Fsp3) is 0.514. The monoisotopic (exact) mass is 699 g/mol. The summed E-state index contributed by atoms with van der Waals surface area (Å²) in [5.41, 5.74) is 1.70. The lowest BCUT2D eigenvalue weighted by Crippen LogP contribution is -2.57. The summed E-state index contributed by atoms with van der Waals surface area (Å²) in [6.45, 7) is 10.8. The number of rotatable bonds is 17. The first-order valence-electron chi connectivity index (χ1n) is 16.5. The second-order valence-electron chi connectivity index (χ2n) is 12.9. The number of aromatic nitrogens is 1. The minimum atomic E-state index is -3.99. The number of benzene rings is 2. The van der Waals surface area contributed by atoms with E-state index in [0.29, 0.717) is 25.4 Å². The predicted octanol–water partition coefficient (Wildman–Crippen LogP) is 4.41. The summed E-state index contributed by atoms with van der Waals surface area (Å²) in [6.07, 6.45) is -0.156. The molecule has 1 saturated heterocycles. The quantitative estimate of drug-likeness (QED) is 0.213. The highest BCUT2D eigenvalue weighted by Crippen LogP contribution is 2.24. The maximum atomic E-state index is 14.1. The molecule has 11 nitrogen and oxygen atoms in total. The molecule has 0 saturated carbocycles. The largest absolute Gasteiger partial charge is 0.497 e. The minimum absolute atomic E-state index is 0.0281. The summed E-state index contributed by atoms with van der Waals surface area (Å²) in [7, 11) is -2.48.